The molecule has 2 nitrogen and oxygen atoms in total. The first-order chi connectivity index (χ1) is 6.50. The molecule has 2 heterocycles. The maximum absolute atomic E-state index is 4.58. The third-order valence-corrected chi connectivity index (χ3v) is 4.03. The summed E-state index contributed by atoms with van der Waals surface area (Å²) in [6.45, 7) is 6.61. The molecule has 0 amide bonds. The van der Waals surface area contributed by atoms with E-state index in [1.54, 1.807) is 0 Å². The molecular formula is C10H15BrN2S. The molecule has 1 aliphatic rings. The van der Waals surface area contributed by atoms with Crippen LogP contribution in [-0.2, 0) is 17.7 Å². The average Bonchev–Trinajstić information content (AvgIpc) is 2.44. The Morgan fingerprint density at radius 3 is 2.79 bits per heavy atom. The van der Waals surface area contributed by atoms with Gasteiger partial charge in [0.25, 0.3) is 0 Å². The minimum atomic E-state index is 0.0953. The molecule has 0 atom stereocenters. The van der Waals surface area contributed by atoms with E-state index in [-0.39, 0.29) is 5.54 Å². The van der Waals surface area contributed by atoms with Crippen molar-refractivity contribution in [1.82, 2.24) is 9.78 Å². The fourth-order valence-electron chi connectivity index (χ4n) is 1.75. The minimum absolute atomic E-state index is 0.0953. The summed E-state index contributed by atoms with van der Waals surface area (Å²) in [4.78, 5) is 0. The largest absolute Gasteiger partial charge is 0.263 e. The maximum atomic E-state index is 4.58. The van der Waals surface area contributed by atoms with Gasteiger partial charge in [-0.1, -0.05) is 0 Å². The highest BCUT2D eigenvalue weighted by Crippen LogP contribution is 2.33. The smallest absolute Gasteiger partial charge is 0.132 e. The van der Waals surface area contributed by atoms with E-state index in [1.165, 1.54) is 17.0 Å². The van der Waals surface area contributed by atoms with Crippen molar-refractivity contribution >= 4 is 27.7 Å². The van der Waals surface area contributed by atoms with E-state index < -0.39 is 0 Å². The second kappa shape index (κ2) is 3.56. The summed E-state index contributed by atoms with van der Waals surface area (Å²) >= 11 is 5.54. The first-order valence-electron chi connectivity index (χ1n) is 4.84. The van der Waals surface area contributed by atoms with Crippen LogP contribution in [0.5, 0.6) is 0 Å². The van der Waals surface area contributed by atoms with E-state index in [4.69, 9.17) is 0 Å². The number of aromatic nitrogens is 2. The van der Waals surface area contributed by atoms with Crippen molar-refractivity contribution in [2.75, 3.05) is 5.75 Å². The highest BCUT2D eigenvalue weighted by atomic mass is 79.9. The molecule has 1 aliphatic heterocycles. The van der Waals surface area contributed by atoms with Crippen molar-refractivity contribution < 1.29 is 0 Å². The molecule has 78 valence electrons. The SMILES string of the molecule is CC(C)(C)n1nc(Br)c2c1CCSC2. The van der Waals surface area contributed by atoms with Gasteiger partial charge in [-0.3, -0.25) is 4.68 Å². The third-order valence-electron chi connectivity index (χ3n) is 2.41. The number of thioether (sulfide) groups is 1. The topological polar surface area (TPSA) is 17.8 Å². The molecule has 0 saturated heterocycles. The van der Waals surface area contributed by atoms with Crippen molar-refractivity contribution in [3.8, 4) is 0 Å². The first kappa shape index (κ1) is 10.6. The molecule has 0 radical (unpaired) electrons. The monoisotopic (exact) mass is 274 g/mol. The number of hydrogen-bond acceptors (Lipinski definition) is 2. The number of nitrogens with zero attached hydrogens (tertiary/aromatic N) is 2. The Morgan fingerprint density at radius 2 is 2.14 bits per heavy atom. The number of rotatable bonds is 0. The van der Waals surface area contributed by atoms with E-state index in [0.29, 0.717) is 0 Å². The van der Waals surface area contributed by atoms with Crippen LogP contribution in [0.2, 0.25) is 0 Å². The zero-order chi connectivity index (χ0) is 10.3. The molecule has 0 unspecified atom stereocenters. The predicted molar refractivity (Wildman–Crippen MR) is 64.8 cm³/mol. The molecule has 0 bridgehead atoms. The zero-order valence-electron chi connectivity index (χ0n) is 8.80. The van der Waals surface area contributed by atoms with Crippen LogP contribution in [0.25, 0.3) is 0 Å². The Kier molecular flexibility index (Phi) is 2.68. The van der Waals surface area contributed by atoms with Gasteiger partial charge in [-0.25, -0.2) is 0 Å². The van der Waals surface area contributed by atoms with E-state index in [0.717, 1.165) is 16.8 Å². The van der Waals surface area contributed by atoms with E-state index in [9.17, 15) is 0 Å². The molecule has 0 aliphatic carbocycles. The average molecular weight is 275 g/mol. The summed E-state index contributed by atoms with van der Waals surface area (Å²) in [6, 6.07) is 0. The fraction of sp³-hybridized carbons (Fsp3) is 0.700. The van der Waals surface area contributed by atoms with Gasteiger partial charge in [0, 0.05) is 17.0 Å². The maximum Gasteiger partial charge on any atom is 0.132 e. The van der Waals surface area contributed by atoms with Crippen LogP contribution in [0.4, 0.5) is 0 Å². The van der Waals surface area contributed by atoms with Crippen LogP contribution >= 0.6 is 27.7 Å². The summed E-state index contributed by atoms with van der Waals surface area (Å²) in [5, 5.41) is 4.58. The standard InChI is InChI=1S/C10H15BrN2S/c1-10(2,3)13-8-4-5-14-6-7(8)9(11)12-13/h4-6H2,1-3H3. The van der Waals surface area contributed by atoms with Gasteiger partial charge in [-0.05, 0) is 48.9 Å². The van der Waals surface area contributed by atoms with Gasteiger partial charge in [0.05, 0.1) is 5.54 Å². The molecule has 0 fully saturated rings. The van der Waals surface area contributed by atoms with Crippen molar-refractivity contribution in [2.45, 2.75) is 38.5 Å². The Bertz CT molecular complexity index is 352. The lowest BCUT2D eigenvalue weighted by molar-refractivity contribution is 0.343. The molecule has 0 aromatic carbocycles. The first-order valence-corrected chi connectivity index (χ1v) is 6.79. The van der Waals surface area contributed by atoms with E-state index in [2.05, 4.69) is 46.5 Å². The van der Waals surface area contributed by atoms with E-state index >= 15 is 0 Å². The molecular weight excluding hydrogens is 260 g/mol. The van der Waals surface area contributed by atoms with Crippen LogP contribution in [0.3, 0.4) is 0 Å². The number of hydrogen-bond donors (Lipinski definition) is 0. The quantitative estimate of drug-likeness (QED) is 0.723. The Balaban J connectivity index is 2.52. The molecule has 14 heavy (non-hydrogen) atoms. The third kappa shape index (κ3) is 1.74. The molecule has 0 spiro atoms. The Hall–Kier alpha value is 0.0400. The second-order valence-corrected chi connectivity index (χ2v) is 6.46. The van der Waals surface area contributed by atoms with Crippen LogP contribution < -0.4 is 0 Å². The van der Waals surface area contributed by atoms with Crippen LogP contribution in [0, 0.1) is 0 Å². The van der Waals surface area contributed by atoms with Crippen molar-refractivity contribution in [3.63, 3.8) is 0 Å². The van der Waals surface area contributed by atoms with E-state index in [1.807, 2.05) is 11.8 Å². The molecule has 4 heteroatoms. The van der Waals surface area contributed by atoms with Gasteiger partial charge in [0.15, 0.2) is 0 Å². The molecule has 1 aromatic rings. The summed E-state index contributed by atoms with van der Waals surface area (Å²) in [7, 11) is 0. The van der Waals surface area contributed by atoms with Crippen molar-refractivity contribution in [1.29, 1.82) is 0 Å². The van der Waals surface area contributed by atoms with Crippen LogP contribution in [-0.4, -0.2) is 15.5 Å². The van der Waals surface area contributed by atoms with Gasteiger partial charge in [-0.15, -0.1) is 0 Å². The van der Waals surface area contributed by atoms with Gasteiger partial charge in [0.2, 0.25) is 0 Å². The van der Waals surface area contributed by atoms with Crippen molar-refractivity contribution in [3.05, 3.63) is 15.9 Å². The van der Waals surface area contributed by atoms with Crippen LogP contribution in [0.1, 0.15) is 32.0 Å². The minimum Gasteiger partial charge on any atom is -0.263 e. The van der Waals surface area contributed by atoms with Gasteiger partial charge >= 0.3 is 0 Å². The molecule has 1 aromatic heterocycles. The highest BCUT2D eigenvalue weighted by molar-refractivity contribution is 9.10. The summed E-state index contributed by atoms with van der Waals surface area (Å²) < 4.78 is 3.21. The lowest BCUT2D eigenvalue weighted by Crippen LogP contribution is -2.26. The number of fused-ring (bicyclic) bond motifs is 1. The van der Waals surface area contributed by atoms with Crippen molar-refractivity contribution in [2.24, 2.45) is 0 Å². The van der Waals surface area contributed by atoms with Gasteiger partial charge in [0.1, 0.15) is 4.60 Å². The molecule has 2 rings (SSSR count). The number of halogens is 1. The Morgan fingerprint density at radius 1 is 1.43 bits per heavy atom. The summed E-state index contributed by atoms with van der Waals surface area (Å²) in [5.74, 6) is 2.33. The lowest BCUT2D eigenvalue weighted by Gasteiger charge is -2.24. The normalized spacial score (nSPS) is 16.9. The lowest BCUT2D eigenvalue weighted by atomic mass is 10.1. The summed E-state index contributed by atoms with van der Waals surface area (Å²) in [6.07, 6.45) is 1.15. The fourth-order valence-corrected chi connectivity index (χ4v) is 3.46. The molecule has 0 N–H and O–H groups in total. The zero-order valence-corrected chi connectivity index (χ0v) is 11.2. The van der Waals surface area contributed by atoms with Crippen LogP contribution in [0.15, 0.2) is 4.60 Å². The Labute approximate surface area is 97.6 Å². The molecule has 0 saturated carbocycles. The predicted octanol–water partition coefficient (Wildman–Crippen LogP) is 3.19. The highest BCUT2D eigenvalue weighted by Gasteiger charge is 2.25. The summed E-state index contributed by atoms with van der Waals surface area (Å²) in [5.41, 5.74) is 2.91. The van der Waals surface area contributed by atoms with Gasteiger partial charge in [-0.2, -0.15) is 16.9 Å². The second-order valence-electron chi connectivity index (χ2n) is 4.60. The van der Waals surface area contributed by atoms with Gasteiger partial charge < -0.3 is 0 Å².